The Kier molecular flexibility index (Phi) is 10.6. The zero-order chi connectivity index (χ0) is 25.4. The van der Waals surface area contributed by atoms with Gasteiger partial charge in [-0.2, -0.15) is 10.2 Å². The van der Waals surface area contributed by atoms with Crippen LogP contribution in [0.25, 0.3) is 0 Å². The third-order valence-corrected chi connectivity index (χ3v) is 11.6. The van der Waals surface area contributed by atoms with Gasteiger partial charge in [0.15, 0.2) is 5.78 Å². The molecule has 1 aromatic carbocycles. The summed E-state index contributed by atoms with van der Waals surface area (Å²) < 4.78 is 50.1. The number of anilines is 1. The number of carbonyl (C=O) groups excluding carboxylic acids is 1. The summed E-state index contributed by atoms with van der Waals surface area (Å²) in [6, 6.07) is 6.15. The van der Waals surface area contributed by atoms with E-state index in [-0.39, 0.29) is 38.6 Å². The second-order valence-electron chi connectivity index (χ2n) is 7.46. The van der Waals surface area contributed by atoms with Crippen molar-refractivity contribution in [1.29, 1.82) is 0 Å². The molecule has 10 nitrogen and oxygen atoms in total. The minimum atomic E-state index is -4.21. The Labute approximate surface area is 202 Å². The third-order valence-electron chi connectivity index (χ3n) is 5.48. The van der Waals surface area contributed by atoms with Crippen molar-refractivity contribution in [2.75, 3.05) is 44.4 Å². The van der Waals surface area contributed by atoms with E-state index in [1.54, 1.807) is 39.8 Å². The number of hydrogen-bond acceptors (Lipinski definition) is 10. The van der Waals surface area contributed by atoms with E-state index in [0.717, 1.165) is 18.8 Å². The maximum atomic E-state index is 14.0. The summed E-state index contributed by atoms with van der Waals surface area (Å²) in [5.41, 5.74) is 1.42. The molecule has 192 valence electrons. The van der Waals surface area contributed by atoms with Crippen LogP contribution in [-0.4, -0.2) is 56.4 Å². The van der Waals surface area contributed by atoms with Crippen molar-refractivity contribution in [1.82, 2.24) is 0 Å². The first-order chi connectivity index (χ1) is 16.2. The molecule has 0 bridgehead atoms. The lowest BCUT2D eigenvalue weighted by Gasteiger charge is -2.36. The van der Waals surface area contributed by atoms with Gasteiger partial charge in [0.1, 0.15) is 6.04 Å². The van der Waals surface area contributed by atoms with Gasteiger partial charge in [0, 0.05) is 30.8 Å². The average Bonchev–Trinajstić information content (AvgIpc) is 3.29. The number of rotatable bonds is 15. The van der Waals surface area contributed by atoms with Crippen molar-refractivity contribution >= 4 is 26.7 Å². The molecule has 0 aliphatic carbocycles. The lowest BCUT2D eigenvalue weighted by molar-refractivity contribution is 0.0960. The molecule has 0 saturated heterocycles. The number of Topliss-reactive ketones (excluding diaryl/α,β-unsaturated/α-hetero) is 1. The van der Waals surface area contributed by atoms with Gasteiger partial charge in [0.25, 0.3) is 5.02 Å². The van der Waals surface area contributed by atoms with Crippen molar-refractivity contribution in [2.45, 2.75) is 59.0 Å². The quantitative estimate of drug-likeness (QED) is 0.202. The molecule has 1 aliphatic heterocycles. The molecule has 0 radical (unpaired) electrons. The molecule has 1 atom stereocenters. The second-order valence-corrected chi connectivity index (χ2v) is 12.3. The van der Waals surface area contributed by atoms with Crippen LogP contribution in [-0.2, 0) is 27.2 Å². The fourth-order valence-electron chi connectivity index (χ4n) is 3.92. The van der Waals surface area contributed by atoms with Crippen LogP contribution in [0.5, 0.6) is 0 Å². The monoisotopic (exact) mass is 517 g/mol. The number of hydrogen-bond donors (Lipinski definition) is 0. The predicted octanol–water partition coefficient (Wildman–Crippen LogP) is 6.13. The van der Waals surface area contributed by atoms with Gasteiger partial charge in [-0.1, -0.05) is 0 Å². The summed E-state index contributed by atoms with van der Waals surface area (Å²) in [6.45, 7) is 12.4. The summed E-state index contributed by atoms with van der Waals surface area (Å²) >= 11 is 0. The van der Waals surface area contributed by atoms with Crippen LogP contribution in [0.1, 0.15) is 58.3 Å². The van der Waals surface area contributed by atoms with Gasteiger partial charge in [-0.05, 0) is 65.8 Å². The number of azo groups is 1. The highest BCUT2D eigenvalue weighted by atomic mass is 31.2. The topological polar surface area (TPSA) is 116 Å². The van der Waals surface area contributed by atoms with Crippen LogP contribution >= 0.6 is 15.2 Å². The van der Waals surface area contributed by atoms with Crippen LogP contribution in [0.15, 0.2) is 34.5 Å². The van der Waals surface area contributed by atoms with Crippen LogP contribution in [0.2, 0.25) is 0 Å². The van der Waals surface area contributed by atoms with Crippen molar-refractivity contribution in [2.24, 2.45) is 10.2 Å². The molecule has 2 rings (SSSR count). The van der Waals surface area contributed by atoms with Crippen molar-refractivity contribution in [3.63, 3.8) is 0 Å². The smallest absolute Gasteiger partial charge is 0.372 e. The second kappa shape index (κ2) is 12.5. The van der Waals surface area contributed by atoms with E-state index in [2.05, 4.69) is 29.0 Å². The van der Waals surface area contributed by atoms with E-state index >= 15 is 0 Å². The van der Waals surface area contributed by atoms with Gasteiger partial charge < -0.3 is 23.0 Å². The molecule has 0 amide bonds. The van der Waals surface area contributed by atoms with Gasteiger partial charge in [-0.25, -0.2) is 0 Å². The van der Waals surface area contributed by atoms with E-state index in [4.69, 9.17) is 18.1 Å². The van der Waals surface area contributed by atoms with E-state index in [0.29, 0.717) is 5.56 Å². The van der Waals surface area contributed by atoms with Gasteiger partial charge in [0.05, 0.1) is 26.4 Å². The fourth-order valence-corrected chi connectivity index (χ4v) is 9.26. The molecule has 1 aliphatic rings. The van der Waals surface area contributed by atoms with Gasteiger partial charge in [0.2, 0.25) is 0 Å². The van der Waals surface area contributed by atoms with Crippen LogP contribution < -0.4 is 4.90 Å². The van der Waals surface area contributed by atoms with Crippen LogP contribution in [0, 0.1) is 0 Å². The fraction of sp³-hybridized carbons (Fsp3) is 0.682. The minimum Gasteiger partial charge on any atom is -0.372 e. The zero-order valence-electron chi connectivity index (χ0n) is 20.9. The Balaban J connectivity index is 2.47. The third kappa shape index (κ3) is 5.53. The van der Waals surface area contributed by atoms with Gasteiger partial charge in [-0.3, -0.25) is 13.9 Å². The Bertz CT molecular complexity index is 885. The molecule has 0 saturated carbocycles. The Morgan fingerprint density at radius 3 is 1.71 bits per heavy atom. The van der Waals surface area contributed by atoms with Crippen molar-refractivity contribution < 1.29 is 32.0 Å². The van der Waals surface area contributed by atoms with Crippen molar-refractivity contribution in [3.8, 4) is 0 Å². The first kappa shape index (κ1) is 28.8. The molecule has 1 heterocycles. The Morgan fingerprint density at radius 2 is 1.32 bits per heavy atom. The van der Waals surface area contributed by atoms with E-state index in [9.17, 15) is 13.9 Å². The molecule has 1 aromatic rings. The summed E-state index contributed by atoms with van der Waals surface area (Å²) in [5.74, 6) is -0.337. The number of nitrogens with zero attached hydrogens (tertiary/aromatic N) is 3. The summed E-state index contributed by atoms with van der Waals surface area (Å²) in [5, 5.41) is 6.20. The molecular weight excluding hydrogens is 480 g/mol. The average molecular weight is 518 g/mol. The summed E-state index contributed by atoms with van der Waals surface area (Å²) in [4.78, 5) is 15.5. The first-order valence-corrected chi connectivity index (χ1v) is 14.9. The Hall–Kier alpha value is -1.41. The molecule has 0 fully saturated rings. The number of ketones is 1. The number of benzene rings is 1. The molecule has 12 heteroatoms. The molecule has 0 N–H and O–H groups in total. The van der Waals surface area contributed by atoms with E-state index in [1.165, 1.54) is 0 Å². The van der Waals surface area contributed by atoms with Crippen molar-refractivity contribution in [3.05, 3.63) is 29.8 Å². The van der Waals surface area contributed by atoms with E-state index < -0.39 is 26.3 Å². The first-order valence-electron chi connectivity index (χ1n) is 11.8. The molecule has 1 unspecified atom stereocenters. The van der Waals surface area contributed by atoms with Gasteiger partial charge in [-0.15, -0.1) is 0 Å². The van der Waals surface area contributed by atoms with E-state index in [1.807, 2.05) is 12.1 Å². The molecule has 34 heavy (non-hydrogen) atoms. The highest BCUT2D eigenvalue weighted by Crippen LogP contribution is 2.81. The lowest BCUT2D eigenvalue weighted by atomic mass is 10.0. The number of carbonyl (C=O) groups is 1. The summed E-state index contributed by atoms with van der Waals surface area (Å²) in [7, 11) is -8.42. The normalized spacial score (nSPS) is 17.8. The highest BCUT2D eigenvalue weighted by Gasteiger charge is 2.69. The summed E-state index contributed by atoms with van der Waals surface area (Å²) in [6.07, 6.45) is -0.280. The largest absolute Gasteiger partial charge is 0.372 e. The van der Waals surface area contributed by atoms with Gasteiger partial charge >= 0.3 is 15.2 Å². The molecule has 0 aromatic heterocycles. The minimum absolute atomic E-state index is 0.0121. The predicted molar refractivity (Wildman–Crippen MR) is 132 cm³/mol. The SMILES string of the molecule is CCOP(=O)(OCC)C1(P(=O)(OCC)OCC)CC(C(=O)c2ccc(N(CC)CC)cc2)N=N1. The lowest BCUT2D eigenvalue weighted by Crippen LogP contribution is -2.33. The maximum Gasteiger partial charge on any atom is 0.372 e. The maximum absolute atomic E-state index is 14.0. The van der Waals surface area contributed by atoms with Crippen LogP contribution in [0.3, 0.4) is 0 Å². The van der Waals surface area contributed by atoms with Crippen LogP contribution in [0.4, 0.5) is 5.69 Å². The Morgan fingerprint density at radius 1 is 0.882 bits per heavy atom. The zero-order valence-corrected chi connectivity index (χ0v) is 22.7. The molecular formula is C22H37N3O7P2. The standard InChI is InChI=1S/C22H37N3O7P2/c1-7-25(8-2)19-15-13-18(14-16-19)21(26)20-17-22(24-23-20,33(27,29-9-3)30-10-4)34(28,31-11-5)32-12-6/h13-16,20H,7-12,17H2,1-6H3. The molecule has 0 spiro atoms. The highest BCUT2D eigenvalue weighted by molar-refractivity contribution is 7.74.